The van der Waals surface area contributed by atoms with Crippen molar-refractivity contribution in [3.8, 4) is 5.75 Å². The normalized spacial score (nSPS) is 11.5. The molecule has 0 unspecified atom stereocenters. The third-order valence-corrected chi connectivity index (χ3v) is 2.72. The molecule has 0 radical (unpaired) electrons. The molecule has 0 aliphatic heterocycles. The van der Waals surface area contributed by atoms with Crippen molar-refractivity contribution in [3.05, 3.63) is 29.8 Å². The highest BCUT2D eigenvalue weighted by atomic mass is 19.4. The first-order valence-electron chi connectivity index (χ1n) is 6.92. The van der Waals surface area contributed by atoms with Crippen LogP contribution in [0.25, 0.3) is 0 Å². The van der Waals surface area contributed by atoms with Gasteiger partial charge in [0.25, 0.3) is 0 Å². The van der Waals surface area contributed by atoms with Gasteiger partial charge in [0, 0.05) is 6.54 Å². The Morgan fingerprint density at radius 2 is 1.80 bits per heavy atom. The predicted octanol–water partition coefficient (Wildman–Crippen LogP) is 2.11. The molecule has 0 bridgehead atoms. The first-order valence-corrected chi connectivity index (χ1v) is 6.92. The average molecular weight is 369 g/mol. The highest BCUT2D eigenvalue weighted by Crippen LogP contribution is 2.15. The number of halogens is 5. The first-order chi connectivity index (χ1) is 11.5. The molecule has 0 heterocycles. The van der Waals surface area contributed by atoms with Crippen molar-refractivity contribution in [2.24, 2.45) is 0 Å². The van der Waals surface area contributed by atoms with E-state index in [0.717, 1.165) is 0 Å². The van der Waals surface area contributed by atoms with Crippen molar-refractivity contribution >= 4 is 11.9 Å². The fourth-order valence-corrected chi connectivity index (χ4v) is 1.78. The van der Waals surface area contributed by atoms with Crippen LogP contribution in [0.2, 0.25) is 0 Å². The Kier molecular flexibility index (Phi) is 7.55. The van der Waals surface area contributed by atoms with Gasteiger partial charge in [0.15, 0.2) is 0 Å². The number of ether oxygens (including phenoxy) is 1. The van der Waals surface area contributed by atoms with Crippen molar-refractivity contribution in [2.45, 2.75) is 19.3 Å². The Bertz CT molecular complexity index is 578. The number of alkyl halides is 5. The molecular weight excluding hydrogens is 353 g/mol. The second-order valence-electron chi connectivity index (χ2n) is 5.04. The SMILES string of the molecule is CN(CC(=O)NC(=O)NCC(F)(F)F)Cc1ccc(OC(F)F)cc1. The minimum Gasteiger partial charge on any atom is -0.435 e. The van der Waals surface area contributed by atoms with E-state index in [1.165, 1.54) is 41.5 Å². The van der Waals surface area contributed by atoms with Crippen LogP contribution in [0.5, 0.6) is 5.75 Å². The number of amides is 3. The van der Waals surface area contributed by atoms with Gasteiger partial charge in [-0.2, -0.15) is 22.0 Å². The Hall–Kier alpha value is -2.43. The van der Waals surface area contributed by atoms with Gasteiger partial charge < -0.3 is 10.1 Å². The molecule has 0 aliphatic carbocycles. The zero-order valence-corrected chi connectivity index (χ0v) is 13.1. The molecule has 1 aromatic carbocycles. The molecule has 0 atom stereocenters. The fraction of sp³-hybridized carbons (Fsp3) is 0.429. The number of hydrogen-bond acceptors (Lipinski definition) is 4. The van der Waals surface area contributed by atoms with Gasteiger partial charge >= 0.3 is 18.8 Å². The summed E-state index contributed by atoms with van der Waals surface area (Å²) in [6.45, 7) is -4.49. The van der Waals surface area contributed by atoms with E-state index in [1.807, 2.05) is 0 Å². The van der Waals surface area contributed by atoms with Crippen LogP contribution in [0.15, 0.2) is 24.3 Å². The lowest BCUT2D eigenvalue weighted by Crippen LogP contribution is -2.46. The molecule has 25 heavy (non-hydrogen) atoms. The van der Waals surface area contributed by atoms with Gasteiger partial charge in [-0.05, 0) is 24.7 Å². The van der Waals surface area contributed by atoms with Crippen LogP contribution in [0.3, 0.4) is 0 Å². The molecule has 0 saturated heterocycles. The number of urea groups is 1. The summed E-state index contributed by atoms with van der Waals surface area (Å²) < 4.78 is 64.0. The lowest BCUT2D eigenvalue weighted by atomic mass is 10.2. The highest BCUT2D eigenvalue weighted by molar-refractivity contribution is 5.95. The largest absolute Gasteiger partial charge is 0.435 e. The molecule has 2 N–H and O–H groups in total. The number of imide groups is 1. The Balaban J connectivity index is 2.39. The monoisotopic (exact) mass is 369 g/mol. The number of benzene rings is 1. The zero-order chi connectivity index (χ0) is 19.0. The highest BCUT2D eigenvalue weighted by Gasteiger charge is 2.28. The van der Waals surface area contributed by atoms with E-state index < -0.39 is 31.3 Å². The lowest BCUT2D eigenvalue weighted by molar-refractivity contribution is -0.125. The molecule has 6 nitrogen and oxygen atoms in total. The number of likely N-dealkylation sites (N-methyl/N-ethyl adjacent to an activating group) is 1. The van der Waals surface area contributed by atoms with Gasteiger partial charge in [0.2, 0.25) is 5.91 Å². The number of carbonyl (C=O) groups excluding carboxylic acids is 2. The summed E-state index contributed by atoms with van der Waals surface area (Å²) in [6.07, 6.45) is -4.57. The maximum atomic E-state index is 12.0. The third kappa shape index (κ3) is 9.45. The maximum Gasteiger partial charge on any atom is 0.405 e. The zero-order valence-electron chi connectivity index (χ0n) is 13.1. The van der Waals surface area contributed by atoms with Crippen molar-refractivity contribution < 1.29 is 36.3 Å². The van der Waals surface area contributed by atoms with E-state index >= 15 is 0 Å². The van der Waals surface area contributed by atoms with Crippen LogP contribution < -0.4 is 15.4 Å². The Labute approximate surface area is 139 Å². The summed E-state index contributed by atoms with van der Waals surface area (Å²) >= 11 is 0. The van der Waals surface area contributed by atoms with Gasteiger partial charge in [0.1, 0.15) is 12.3 Å². The number of hydrogen-bond donors (Lipinski definition) is 2. The molecule has 0 saturated carbocycles. The second-order valence-corrected chi connectivity index (χ2v) is 5.04. The van der Waals surface area contributed by atoms with E-state index in [9.17, 15) is 31.5 Å². The average Bonchev–Trinajstić information content (AvgIpc) is 2.45. The predicted molar refractivity (Wildman–Crippen MR) is 77.0 cm³/mol. The summed E-state index contributed by atoms with van der Waals surface area (Å²) in [7, 11) is 1.54. The van der Waals surface area contributed by atoms with Crippen LogP contribution in [-0.4, -0.2) is 49.8 Å². The lowest BCUT2D eigenvalue weighted by Gasteiger charge is -2.16. The summed E-state index contributed by atoms with van der Waals surface area (Å²) in [5, 5.41) is 3.27. The van der Waals surface area contributed by atoms with Crippen LogP contribution in [0.4, 0.5) is 26.7 Å². The standard InChI is InChI=1S/C14H16F5N3O3/c1-22(6-9-2-4-10(5-3-9)25-12(15)16)7-11(23)21-13(24)20-8-14(17,18)19/h2-5,12H,6-8H2,1H3,(H2,20,21,23,24). The van der Waals surface area contributed by atoms with Crippen molar-refractivity contribution in [3.63, 3.8) is 0 Å². The van der Waals surface area contributed by atoms with Crippen LogP contribution in [-0.2, 0) is 11.3 Å². The number of nitrogens with one attached hydrogen (secondary N) is 2. The molecule has 11 heteroatoms. The number of carbonyl (C=O) groups is 2. The minimum atomic E-state index is -4.57. The summed E-state index contributed by atoms with van der Waals surface area (Å²) in [4.78, 5) is 24.2. The summed E-state index contributed by atoms with van der Waals surface area (Å²) in [5.74, 6) is -0.805. The maximum absolute atomic E-state index is 12.0. The number of nitrogens with zero attached hydrogens (tertiary/aromatic N) is 1. The second kappa shape index (κ2) is 9.16. The van der Waals surface area contributed by atoms with E-state index in [2.05, 4.69) is 4.74 Å². The van der Waals surface area contributed by atoms with Gasteiger partial charge in [-0.3, -0.25) is 15.0 Å². The van der Waals surface area contributed by atoms with E-state index in [-0.39, 0.29) is 18.8 Å². The van der Waals surface area contributed by atoms with Gasteiger partial charge in [-0.1, -0.05) is 12.1 Å². The molecule has 1 rings (SSSR count). The third-order valence-electron chi connectivity index (χ3n) is 2.72. The van der Waals surface area contributed by atoms with Gasteiger partial charge in [-0.25, -0.2) is 4.79 Å². The Morgan fingerprint density at radius 1 is 1.20 bits per heavy atom. The topological polar surface area (TPSA) is 70.7 Å². The van der Waals surface area contributed by atoms with Gasteiger partial charge in [0.05, 0.1) is 6.54 Å². The fourth-order valence-electron chi connectivity index (χ4n) is 1.78. The first kappa shape index (κ1) is 20.6. The molecular formula is C14H16F5N3O3. The van der Waals surface area contributed by atoms with Crippen LogP contribution in [0, 0.1) is 0 Å². The van der Waals surface area contributed by atoms with Crippen molar-refractivity contribution in [1.29, 1.82) is 0 Å². The molecule has 0 fully saturated rings. The van der Waals surface area contributed by atoms with Crippen LogP contribution >= 0.6 is 0 Å². The minimum absolute atomic E-state index is 0.0134. The molecule has 0 aliphatic rings. The number of rotatable bonds is 7. The van der Waals surface area contributed by atoms with Crippen molar-refractivity contribution in [2.75, 3.05) is 20.1 Å². The van der Waals surface area contributed by atoms with E-state index in [4.69, 9.17) is 0 Å². The van der Waals surface area contributed by atoms with Crippen molar-refractivity contribution in [1.82, 2.24) is 15.5 Å². The summed E-state index contributed by atoms with van der Waals surface area (Å²) in [5.41, 5.74) is 0.679. The Morgan fingerprint density at radius 3 is 2.32 bits per heavy atom. The van der Waals surface area contributed by atoms with Gasteiger partial charge in [-0.15, -0.1) is 0 Å². The van der Waals surface area contributed by atoms with E-state index in [1.54, 1.807) is 5.32 Å². The molecule has 140 valence electrons. The summed E-state index contributed by atoms with van der Waals surface area (Å²) in [6, 6.07) is 4.45. The quantitative estimate of drug-likeness (QED) is 0.723. The molecule has 1 aromatic rings. The molecule has 0 aromatic heterocycles. The smallest absolute Gasteiger partial charge is 0.405 e. The molecule has 3 amide bonds. The molecule has 0 spiro atoms. The van der Waals surface area contributed by atoms with E-state index in [0.29, 0.717) is 5.56 Å². The van der Waals surface area contributed by atoms with Crippen LogP contribution in [0.1, 0.15) is 5.56 Å².